The van der Waals surface area contributed by atoms with Crippen LogP contribution in [0, 0.1) is 0 Å². The molecule has 2 aromatic rings. The molecule has 0 bridgehead atoms. The number of benzene rings is 2. The lowest BCUT2D eigenvalue weighted by molar-refractivity contribution is -0.122. The number of halogens is 1. The maximum absolute atomic E-state index is 12.9. The number of carbonyl (C=O) groups is 3. The van der Waals surface area contributed by atoms with Crippen LogP contribution in [0.3, 0.4) is 0 Å². The fourth-order valence-corrected chi connectivity index (χ4v) is 3.12. The maximum Gasteiger partial charge on any atom is 0.335 e. The average molecular weight is 441 g/mol. The number of carbonyl (C=O) groups excluding carboxylic acids is 3. The topological polar surface area (TPSA) is 75.7 Å². The Labute approximate surface area is 170 Å². The Hall–Kier alpha value is -3.19. The number of anilines is 1. The summed E-state index contributed by atoms with van der Waals surface area (Å²) in [6.45, 7) is 3.72. The monoisotopic (exact) mass is 440 g/mol. The Morgan fingerprint density at radius 2 is 1.86 bits per heavy atom. The van der Waals surface area contributed by atoms with E-state index in [0.29, 0.717) is 23.4 Å². The van der Waals surface area contributed by atoms with Crippen molar-refractivity contribution in [3.63, 3.8) is 0 Å². The van der Waals surface area contributed by atoms with Crippen LogP contribution in [0.4, 0.5) is 10.5 Å². The van der Waals surface area contributed by atoms with Crippen LogP contribution in [0.2, 0.25) is 0 Å². The number of hydrogen-bond acceptors (Lipinski definition) is 4. The molecule has 0 spiro atoms. The molecular formula is C21H17BrN2O4. The van der Waals surface area contributed by atoms with Gasteiger partial charge in [-0.3, -0.25) is 14.9 Å². The van der Waals surface area contributed by atoms with Gasteiger partial charge in [-0.15, -0.1) is 6.58 Å². The van der Waals surface area contributed by atoms with E-state index in [1.54, 1.807) is 49.6 Å². The van der Waals surface area contributed by atoms with Gasteiger partial charge in [-0.25, -0.2) is 9.69 Å². The van der Waals surface area contributed by atoms with Gasteiger partial charge in [0, 0.05) is 4.47 Å². The van der Waals surface area contributed by atoms with Crippen molar-refractivity contribution >= 4 is 45.5 Å². The van der Waals surface area contributed by atoms with Crippen LogP contribution in [0.25, 0.3) is 6.08 Å². The SMILES string of the molecule is C=CCc1cc(/C=C2\C(=O)NC(=O)N(c3ccc(Br)cc3)C2=O)ccc1OC. The van der Waals surface area contributed by atoms with Gasteiger partial charge in [0.05, 0.1) is 12.8 Å². The van der Waals surface area contributed by atoms with Crippen molar-refractivity contribution in [2.75, 3.05) is 12.0 Å². The number of ether oxygens (including phenoxy) is 1. The van der Waals surface area contributed by atoms with E-state index in [2.05, 4.69) is 27.8 Å². The predicted octanol–water partition coefficient (Wildman–Crippen LogP) is 3.85. The van der Waals surface area contributed by atoms with Gasteiger partial charge in [-0.1, -0.05) is 28.1 Å². The molecule has 1 heterocycles. The van der Waals surface area contributed by atoms with Crippen LogP contribution < -0.4 is 15.0 Å². The van der Waals surface area contributed by atoms with Crippen molar-refractivity contribution in [3.05, 3.63) is 76.3 Å². The molecule has 0 radical (unpaired) electrons. The number of rotatable bonds is 5. The lowest BCUT2D eigenvalue weighted by Gasteiger charge is -2.26. The van der Waals surface area contributed by atoms with Crippen molar-refractivity contribution in [2.45, 2.75) is 6.42 Å². The van der Waals surface area contributed by atoms with Crippen LogP contribution in [0.15, 0.2) is 65.2 Å². The zero-order chi connectivity index (χ0) is 20.3. The molecule has 2 aromatic carbocycles. The van der Waals surface area contributed by atoms with Gasteiger partial charge in [0.1, 0.15) is 11.3 Å². The molecular weight excluding hydrogens is 424 g/mol. The second-order valence-corrected chi connectivity index (χ2v) is 6.91. The smallest absolute Gasteiger partial charge is 0.335 e. The Bertz CT molecular complexity index is 996. The standard InChI is InChI=1S/C21H17BrN2O4/c1-3-4-14-11-13(5-10-18(14)28-2)12-17-19(25)23-21(27)24(20(17)26)16-8-6-15(22)7-9-16/h3,5-12H,1,4H2,2H3,(H,23,25,27)/b17-12+. The third-order valence-corrected chi connectivity index (χ3v) is 4.69. The van der Waals surface area contributed by atoms with Gasteiger partial charge in [0.15, 0.2) is 0 Å². The average Bonchev–Trinajstić information content (AvgIpc) is 2.67. The number of methoxy groups -OCH3 is 1. The lowest BCUT2D eigenvalue weighted by Crippen LogP contribution is -2.54. The summed E-state index contributed by atoms with van der Waals surface area (Å²) in [4.78, 5) is 38.3. The number of nitrogens with one attached hydrogen (secondary N) is 1. The van der Waals surface area contributed by atoms with Gasteiger partial charge in [0.25, 0.3) is 11.8 Å². The Kier molecular flexibility index (Phi) is 5.75. The van der Waals surface area contributed by atoms with E-state index in [0.717, 1.165) is 14.9 Å². The van der Waals surface area contributed by atoms with Crippen molar-refractivity contribution in [2.24, 2.45) is 0 Å². The normalized spacial score (nSPS) is 15.6. The first-order valence-electron chi connectivity index (χ1n) is 8.39. The van der Waals surface area contributed by atoms with Crippen molar-refractivity contribution in [3.8, 4) is 5.75 Å². The van der Waals surface area contributed by atoms with Crippen LogP contribution >= 0.6 is 15.9 Å². The molecule has 28 heavy (non-hydrogen) atoms. The quantitative estimate of drug-likeness (QED) is 0.435. The first-order valence-corrected chi connectivity index (χ1v) is 9.18. The van der Waals surface area contributed by atoms with Gasteiger partial charge in [-0.05, 0) is 60.0 Å². The fraction of sp³-hybridized carbons (Fsp3) is 0.0952. The van der Waals surface area contributed by atoms with Gasteiger partial charge >= 0.3 is 6.03 Å². The molecule has 1 saturated heterocycles. The predicted molar refractivity (Wildman–Crippen MR) is 110 cm³/mol. The van der Waals surface area contributed by atoms with Crippen LogP contribution in [-0.4, -0.2) is 25.0 Å². The maximum atomic E-state index is 12.9. The third-order valence-electron chi connectivity index (χ3n) is 4.17. The summed E-state index contributed by atoms with van der Waals surface area (Å²) in [6.07, 6.45) is 3.77. The second-order valence-electron chi connectivity index (χ2n) is 6.00. The molecule has 0 unspecified atom stereocenters. The fourth-order valence-electron chi connectivity index (χ4n) is 2.85. The highest BCUT2D eigenvalue weighted by Gasteiger charge is 2.36. The van der Waals surface area contributed by atoms with Crippen LogP contribution in [-0.2, 0) is 16.0 Å². The first-order chi connectivity index (χ1) is 13.4. The van der Waals surface area contributed by atoms with E-state index in [-0.39, 0.29) is 5.57 Å². The van der Waals surface area contributed by atoms with E-state index >= 15 is 0 Å². The summed E-state index contributed by atoms with van der Waals surface area (Å²) >= 11 is 3.31. The number of hydrogen-bond donors (Lipinski definition) is 1. The minimum Gasteiger partial charge on any atom is -0.496 e. The highest BCUT2D eigenvalue weighted by atomic mass is 79.9. The minimum atomic E-state index is -0.781. The molecule has 4 amide bonds. The first kappa shape index (κ1) is 19.6. The van der Waals surface area contributed by atoms with Crippen LogP contribution in [0.1, 0.15) is 11.1 Å². The summed E-state index contributed by atoms with van der Waals surface area (Å²) in [7, 11) is 1.57. The van der Waals surface area contributed by atoms with E-state index < -0.39 is 17.8 Å². The summed E-state index contributed by atoms with van der Waals surface area (Å²) in [5, 5.41) is 2.21. The molecule has 6 nitrogen and oxygen atoms in total. The molecule has 0 saturated carbocycles. The van der Waals surface area contributed by atoms with Gasteiger partial charge in [-0.2, -0.15) is 0 Å². The second kappa shape index (κ2) is 8.22. The largest absolute Gasteiger partial charge is 0.496 e. The van der Waals surface area contributed by atoms with E-state index in [4.69, 9.17) is 4.74 Å². The van der Waals surface area contributed by atoms with Crippen molar-refractivity contribution in [1.82, 2.24) is 5.32 Å². The third kappa shape index (κ3) is 3.89. The molecule has 0 aromatic heterocycles. The molecule has 1 N–H and O–H groups in total. The Balaban J connectivity index is 2.00. The Morgan fingerprint density at radius 1 is 1.14 bits per heavy atom. The molecule has 7 heteroatoms. The molecule has 1 aliphatic rings. The molecule has 142 valence electrons. The molecule has 0 atom stereocenters. The zero-order valence-electron chi connectivity index (χ0n) is 15.1. The zero-order valence-corrected chi connectivity index (χ0v) is 16.7. The number of amides is 4. The molecule has 1 aliphatic heterocycles. The van der Waals surface area contributed by atoms with E-state index in [1.165, 1.54) is 6.08 Å². The molecule has 1 fully saturated rings. The van der Waals surface area contributed by atoms with Crippen LogP contribution in [0.5, 0.6) is 5.75 Å². The summed E-state index contributed by atoms with van der Waals surface area (Å²) in [5.41, 5.74) is 1.75. The van der Waals surface area contributed by atoms with Gasteiger partial charge < -0.3 is 4.74 Å². The van der Waals surface area contributed by atoms with E-state index in [1.807, 2.05) is 6.07 Å². The van der Waals surface area contributed by atoms with Crippen molar-refractivity contribution in [1.29, 1.82) is 0 Å². The number of allylic oxidation sites excluding steroid dienone is 1. The summed E-state index contributed by atoms with van der Waals surface area (Å²) in [5.74, 6) is -0.727. The highest BCUT2D eigenvalue weighted by molar-refractivity contribution is 9.10. The van der Waals surface area contributed by atoms with Gasteiger partial charge in [0.2, 0.25) is 0 Å². The Morgan fingerprint density at radius 3 is 2.50 bits per heavy atom. The number of nitrogens with zero attached hydrogens (tertiary/aromatic N) is 1. The summed E-state index contributed by atoms with van der Waals surface area (Å²) in [6, 6.07) is 11.2. The minimum absolute atomic E-state index is 0.128. The number of barbiturate groups is 1. The number of imide groups is 2. The molecule has 3 rings (SSSR count). The van der Waals surface area contributed by atoms with Crippen molar-refractivity contribution < 1.29 is 19.1 Å². The lowest BCUT2D eigenvalue weighted by atomic mass is 10.0. The van der Waals surface area contributed by atoms with E-state index in [9.17, 15) is 14.4 Å². The number of urea groups is 1. The highest BCUT2D eigenvalue weighted by Crippen LogP contribution is 2.26. The summed E-state index contributed by atoms with van der Waals surface area (Å²) < 4.78 is 6.12. The molecule has 0 aliphatic carbocycles.